The van der Waals surface area contributed by atoms with E-state index >= 15 is 0 Å². The number of benzene rings is 1. The Morgan fingerprint density at radius 1 is 1.15 bits per heavy atom. The number of aromatic nitrogens is 4. The van der Waals surface area contributed by atoms with Gasteiger partial charge in [-0.1, -0.05) is 29.8 Å². The van der Waals surface area contributed by atoms with E-state index in [0.717, 1.165) is 58.0 Å². The third-order valence-electron chi connectivity index (χ3n) is 5.50. The van der Waals surface area contributed by atoms with Crippen molar-refractivity contribution in [1.82, 2.24) is 30.0 Å². The zero-order valence-electron chi connectivity index (χ0n) is 16.1. The summed E-state index contributed by atoms with van der Waals surface area (Å²) in [6.07, 6.45) is 2.44. The van der Waals surface area contributed by atoms with Crippen LogP contribution >= 0.6 is 12.4 Å². The molecule has 148 valence electrons. The predicted octanol–water partition coefficient (Wildman–Crippen LogP) is 1.92. The molecule has 7 nitrogen and oxygen atoms in total. The number of likely N-dealkylation sites (N-methyl/N-ethyl adjacent to an activating group) is 1. The average molecular weight is 393 g/mol. The van der Waals surface area contributed by atoms with Crippen LogP contribution in [-0.2, 0) is 11.3 Å². The minimum absolute atomic E-state index is 0. The fourth-order valence-electron chi connectivity index (χ4n) is 3.87. The van der Waals surface area contributed by atoms with Gasteiger partial charge in [0, 0.05) is 32.8 Å². The Bertz CT molecular complexity index is 707. The molecule has 2 fully saturated rings. The van der Waals surface area contributed by atoms with Gasteiger partial charge in [-0.25, -0.2) is 4.68 Å². The van der Waals surface area contributed by atoms with Crippen LogP contribution in [0.2, 0.25) is 0 Å². The summed E-state index contributed by atoms with van der Waals surface area (Å²) >= 11 is 0. The Balaban J connectivity index is 0.00000210. The normalized spacial score (nSPS) is 22.5. The number of ether oxygens (including phenoxy) is 1. The summed E-state index contributed by atoms with van der Waals surface area (Å²) < 4.78 is 7.76. The number of tetrazole rings is 1. The van der Waals surface area contributed by atoms with Gasteiger partial charge in [-0.2, -0.15) is 0 Å². The summed E-state index contributed by atoms with van der Waals surface area (Å²) in [5, 5.41) is 12.7. The van der Waals surface area contributed by atoms with Crippen LogP contribution in [0, 0.1) is 6.92 Å². The van der Waals surface area contributed by atoms with Crippen molar-refractivity contribution < 1.29 is 4.74 Å². The molecule has 0 amide bonds. The Hall–Kier alpha value is -1.54. The summed E-state index contributed by atoms with van der Waals surface area (Å²) in [6, 6.07) is 8.85. The van der Waals surface area contributed by atoms with Crippen molar-refractivity contribution in [2.24, 2.45) is 0 Å². The van der Waals surface area contributed by atoms with Crippen LogP contribution in [0.15, 0.2) is 24.3 Å². The number of hydrogen-bond donors (Lipinski definition) is 0. The van der Waals surface area contributed by atoms with Gasteiger partial charge >= 0.3 is 0 Å². The number of rotatable bonds is 5. The van der Waals surface area contributed by atoms with Gasteiger partial charge in [-0.15, -0.1) is 17.5 Å². The van der Waals surface area contributed by atoms with Gasteiger partial charge < -0.3 is 9.64 Å². The first-order valence-corrected chi connectivity index (χ1v) is 9.57. The van der Waals surface area contributed by atoms with Crippen LogP contribution < -0.4 is 0 Å². The molecule has 4 rings (SSSR count). The van der Waals surface area contributed by atoms with Crippen molar-refractivity contribution in [1.29, 1.82) is 0 Å². The van der Waals surface area contributed by atoms with Crippen molar-refractivity contribution in [3.8, 4) is 0 Å². The molecule has 8 heteroatoms. The second kappa shape index (κ2) is 9.10. The second-order valence-electron chi connectivity index (χ2n) is 7.51. The fourth-order valence-corrected chi connectivity index (χ4v) is 3.87. The molecule has 2 unspecified atom stereocenters. The molecule has 2 aliphatic heterocycles. The van der Waals surface area contributed by atoms with Gasteiger partial charge in [-0.3, -0.25) is 4.90 Å². The maximum absolute atomic E-state index is 5.81. The molecule has 0 saturated carbocycles. The van der Waals surface area contributed by atoms with Gasteiger partial charge in [-0.05, 0) is 42.8 Å². The van der Waals surface area contributed by atoms with Crippen molar-refractivity contribution >= 4 is 12.4 Å². The first-order valence-electron chi connectivity index (χ1n) is 9.57. The fraction of sp³-hybridized carbons (Fsp3) is 0.632. The quantitative estimate of drug-likeness (QED) is 0.774. The maximum atomic E-state index is 5.81. The number of halogens is 1. The number of piperazine rings is 1. The average Bonchev–Trinajstić information content (AvgIpc) is 3.32. The van der Waals surface area contributed by atoms with Gasteiger partial charge in [0.05, 0.1) is 18.7 Å². The number of nitrogens with zero attached hydrogens (tertiary/aromatic N) is 6. The molecule has 2 aliphatic rings. The molecule has 2 aromatic rings. The largest absolute Gasteiger partial charge is 0.376 e. The smallest absolute Gasteiger partial charge is 0.173 e. The van der Waals surface area contributed by atoms with Crippen LogP contribution in [0.3, 0.4) is 0 Å². The lowest BCUT2D eigenvalue weighted by Crippen LogP contribution is -2.46. The third-order valence-corrected chi connectivity index (χ3v) is 5.50. The summed E-state index contributed by atoms with van der Waals surface area (Å²) in [7, 11) is 2.18. The van der Waals surface area contributed by atoms with E-state index in [1.807, 2.05) is 4.68 Å². The third kappa shape index (κ3) is 4.66. The molecule has 2 saturated heterocycles. The van der Waals surface area contributed by atoms with Gasteiger partial charge in [0.1, 0.15) is 0 Å². The lowest BCUT2D eigenvalue weighted by Gasteiger charge is -2.37. The molecule has 0 aliphatic carbocycles. The lowest BCUT2D eigenvalue weighted by atomic mass is 10.0. The minimum Gasteiger partial charge on any atom is -0.376 e. The van der Waals surface area contributed by atoms with E-state index in [1.54, 1.807) is 0 Å². The van der Waals surface area contributed by atoms with E-state index in [-0.39, 0.29) is 24.6 Å². The minimum atomic E-state index is 0. The van der Waals surface area contributed by atoms with E-state index in [9.17, 15) is 0 Å². The van der Waals surface area contributed by atoms with E-state index in [4.69, 9.17) is 4.74 Å². The summed E-state index contributed by atoms with van der Waals surface area (Å²) in [5.41, 5.74) is 2.52. The molecular weight excluding hydrogens is 364 g/mol. The van der Waals surface area contributed by atoms with Crippen LogP contribution in [-0.4, -0.2) is 75.9 Å². The monoisotopic (exact) mass is 392 g/mol. The highest BCUT2D eigenvalue weighted by atomic mass is 35.5. The van der Waals surface area contributed by atoms with Crippen LogP contribution in [0.4, 0.5) is 0 Å². The Morgan fingerprint density at radius 2 is 1.89 bits per heavy atom. The van der Waals surface area contributed by atoms with Gasteiger partial charge in [0.15, 0.2) is 5.82 Å². The molecule has 0 spiro atoms. The van der Waals surface area contributed by atoms with E-state index < -0.39 is 0 Å². The molecule has 0 bridgehead atoms. The zero-order chi connectivity index (χ0) is 17.9. The number of aryl methyl sites for hydroxylation is 1. The Labute approximate surface area is 167 Å². The van der Waals surface area contributed by atoms with Crippen molar-refractivity contribution in [3.05, 3.63) is 41.2 Å². The Kier molecular flexibility index (Phi) is 6.81. The predicted molar refractivity (Wildman–Crippen MR) is 106 cm³/mol. The highest BCUT2D eigenvalue weighted by molar-refractivity contribution is 5.85. The summed E-state index contributed by atoms with van der Waals surface area (Å²) in [6.45, 7) is 7.87. The Morgan fingerprint density at radius 3 is 2.56 bits per heavy atom. The first-order chi connectivity index (χ1) is 12.7. The molecule has 3 heterocycles. The molecule has 0 radical (unpaired) electrons. The zero-order valence-corrected chi connectivity index (χ0v) is 16.9. The molecule has 1 aromatic heterocycles. The standard InChI is InChI=1S/C19H28N6O.ClH/c1-15-5-7-16(8-6-15)18(24-11-9-23(2)10-12-24)19-20-21-22-25(19)14-17-4-3-13-26-17;/h5-8,17-18H,3-4,9-14H2,1-2H3;1H. The molecule has 2 atom stereocenters. The second-order valence-corrected chi connectivity index (χ2v) is 7.51. The van der Waals surface area contributed by atoms with Gasteiger partial charge in [0.25, 0.3) is 0 Å². The van der Waals surface area contributed by atoms with E-state index in [1.165, 1.54) is 11.1 Å². The SMILES string of the molecule is Cc1ccc(C(c2nnnn2CC2CCCO2)N2CCN(C)CC2)cc1.Cl. The van der Waals surface area contributed by atoms with Crippen LogP contribution in [0.25, 0.3) is 0 Å². The van der Waals surface area contributed by atoms with Crippen LogP contribution in [0.1, 0.15) is 35.8 Å². The summed E-state index contributed by atoms with van der Waals surface area (Å²) in [4.78, 5) is 4.88. The molecule has 27 heavy (non-hydrogen) atoms. The summed E-state index contributed by atoms with van der Waals surface area (Å²) in [5.74, 6) is 0.925. The number of hydrogen-bond acceptors (Lipinski definition) is 6. The van der Waals surface area contributed by atoms with Crippen molar-refractivity contribution in [2.75, 3.05) is 39.8 Å². The lowest BCUT2D eigenvalue weighted by molar-refractivity contribution is 0.0879. The van der Waals surface area contributed by atoms with Gasteiger partial charge in [0.2, 0.25) is 0 Å². The first kappa shape index (κ1) is 20.2. The van der Waals surface area contributed by atoms with Crippen molar-refractivity contribution in [3.63, 3.8) is 0 Å². The highest BCUT2D eigenvalue weighted by Gasteiger charge is 2.31. The topological polar surface area (TPSA) is 59.3 Å². The van der Waals surface area contributed by atoms with Crippen molar-refractivity contribution in [2.45, 2.75) is 38.5 Å². The molecule has 0 N–H and O–H groups in total. The van der Waals surface area contributed by atoms with Crippen LogP contribution in [0.5, 0.6) is 0 Å². The van der Waals surface area contributed by atoms with E-state index in [0.29, 0.717) is 0 Å². The molecular formula is C19H29ClN6O. The highest BCUT2D eigenvalue weighted by Crippen LogP contribution is 2.29. The van der Waals surface area contributed by atoms with E-state index in [2.05, 4.69) is 63.6 Å². The maximum Gasteiger partial charge on any atom is 0.173 e. The molecule has 1 aromatic carbocycles.